The summed E-state index contributed by atoms with van der Waals surface area (Å²) in [6, 6.07) is 6.51. The molecule has 0 aromatic heterocycles. The van der Waals surface area contributed by atoms with Crippen molar-refractivity contribution in [2.24, 2.45) is 11.3 Å². The van der Waals surface area contributed by atoms with Gasteiger partial charge in [0.25, 0.3) is 0 Å². The van der Waals surface area contributed by atoms with Crippen molar-refractivity contribution < 1.29 is 4.74 Å². The highest BCUT2D eigenvalue weighted by molar-refractivity contribution is 9.09. The number of rotatable bonds is 5. The van der Waals surface area contributed by atoms with Crippen LogP contribution >= 0.6 is 15.9 Å². The minimum atomic E-state index is 0.255. The van der Waals surface area contributed by atoms with Crippen molar-refractivity contribution in [3.63, 3.8) is 0 Å². The molecule has 0 N–H and O–H groups in total. The summed E-state index contributed by atoms with van der Waals surface area (Å²) in [5.74, 6) is 2.05. The minimum absolute atomic E-state index is 0.255. The third kappa shape index (κ3) is 4.83. The van der Waals surface area contributed by atoms with Crippen molar-refractivity contribution in [2.45, 2.75) is 47.5 Å². The zero-order valence-corrected chi connectivity index (χ0v) is 14.7. The molecule has 1 nitrogen and oxygen atoms in total. The smallest absolute Gasteiger partial charge is 0.123 e. The number of alkyl halides is 1. The number of aryl methyl sites for hydroxylation is 1. The summed E-state index contributed by atoms with van der Waals surface area (Å²) in [4.78, 5) is 0. The van der Waals surface area contributed by atoms with Crippen LogP contribution in [0.3, 0.4) is 0 Å². The highest BCUT2D eigenvalue weighted by atomic mass is 79.9. The lowest BCUT2D eigenvalue weighted by Crippen LogP contribution is -2.28. The summed E-state index contributed by atoms with van der Waals surface area (Å²) in [6.07, 6.45) is 0. The second-order valence-electron chi connectivity index (χ2n) is 6.72. The van der Waals surface area contributed by atoms with Gasteiger partial charge in [-0.15, -0.1) is 0 Å². The molecule has 1 rings (SSSR count). The Hall–Kier alpha value is -0.500. The van der Waals surface area contributed by atoms with Gasteiger partial charge in [-0.2, -0.15) is 0 Å². The molecular weight excluding hydrogens is 300 g/mol. The van der Waals surface area contributed by atoms with Crippen LogP contribution in [-0.2, 0) is 0 Å². The van der Waals surface area contributed by atoms with E-state index in [4.69, 9.17) is 4.74 Å². The van der Waals surface area contributed by atoms with Crippen molar-refractivity contribution in [1.29, 1.82) is 0 Å². The molecule has 0 bridgehead atoms. The Bertz CT molecular complexity index is 404. The van der Waals surface area contributed by atoms with Crippen LogP contribution in [0.1, 0.15) is 51.7 Å². The van der Waals surface area contributed by atoms with E-state index in [1.165, 1.54) is 11.1 Å². The molecule has 0 saturated carbocycles. The normalized spacial score (nSPS) is 13.7. The fourth-order valence-corrected chi connectivity index (χ4v) is 3.12. The van der Waals surface area contributed by atoms with Crippen LogP contribution in [0.5, 0.6) is 5.75 Å². The standard InChI is InChI=1S/C17H27BrO/c1-12(2)15-8-7-13(3)9-16(15)19-11-14(10-18)17(4,5)6/h7-9,12,14H,10-11H2,1-6H3. The molecule has 0 heterocycles. The fraction of sp³-hybridized carbons (Fsp3) is 0.647. The molecule has 0 saturated heterocycles. The molecule has 1 unspecified atom stereocenters. The number of ether oxygens (including phenoxy) is 1. The third-order valence-corrected chi connectivity index (χ3v) is 4.42. The monoisotopic (exact) mass is 326 g/mol. The summed E-state index contributed by atoms with van der Waals surface area (Å²) in [5.41, 5.74) is 2.81. The lowest BCUT2D eigenvalue weighted by atomic mass is 9.83. The maximum absolute atomic E-state index is 6.13. The molecule has 0 radical (unpaired) electrons. The van der Waals surface area contributed by atoms with E-state index >= 15 is 0 Å². The molecule has 19 heavy (non-hydrogen) atoms. The molecule has 1 atom stereocenters. The Balaban J connectivity index is 2.84. The van der Waals surface area contributed by atoms with E-state index in [2.05, 4.69) is 75.7 Å². The van der Waals surface area contributed by atoms with E-state index in [9.17, 15) is 0 Å². The molecule has 108 valence electrons. The Labute approximate surface area is 126 Å². The summed E-state index contributed by atoms with van der Waals surface area (Å²) >= 11 is 3.61. The molecule has 0 amide bonds. The quantitative estimate of drug-likeness (QED) is 0.644. The first kappa shape index (κ1) is 16.6. The summed E-state index contributed by atoms with van der Waals surface area (Å²) < 4.78 is 6.13. The zero-order chi connectivity index (χ0) is 14.6. The van der Waals surface area contributed by atoms with Gasteiger partial charge in [-0.1, -0.05) is 62.7 Å². The topological polar surface area (TPSA) is 9.23 Å². The van der Waals surface area contributed by atoms with Gasteiger partial charge >= 0.3 is 0 Å². The average molecular weight is 327 g/mol. The number of benzene rings is 1. The van der Waals surface area contributed by atoms with Gasteiger partial charge in [0, 0.05) is 11.2 Å². The number of hydrogen-bond donors (Lipinski definition) is 0. The van der Waals surface area contributed by atoms with E-state index in [0.717, 1.165) is 17.7 Å². The first-order chi connectivity index (χ1) is 8.75. The number of halogens is 1. The number of hydrogen-bond acceptors (Lipinski definition) is 1. The molecule has 0 spiro atoms. The third-order valence-electron chi connectivity index (χ3n) is 3.64. The highest BCUT2D eigenvalue weighted by Crippen LogP contribution is 2.31. The van der Waals surface area contributed by atoms with Gasteiger partial charge in [0.05, 0.1) is 6.61 Å². The van der Waals surface area contributed by atoms with E-state index in [1.807, 2.05) is 0 Å². The van der Waals surface area contributed by atoms with Crippen LogP contribution < -0.4 is 4.74 Å². The first-order valence-corrected chi connectivity index (χ1v) is 8.17. The van der Waals surface area contributed by atoms with Crippen molar-refractivity contribution in [1.82, 2.24) is 0 Å². The lowest BCUT2D eigenvalue weighted by molar-refractivity contribution is 0.165. The van der Waals surface area contributed by atoms with Gasteiger partial charge in [-0.3, -0.25) is 0 Å². The van der Waals surface area contributed by atoms with E-state index in [1.54, 1.807) is 0 Å². The maximum atomic E-state index is 6.13. The van der Waals surface area contributed by atoms with Crippen molar-refractivity contribution in [2.75, 3.05) is 11.9 Å². The molecule has 0 aliphatic rings. The maximum Gasteiger partial charge on any atom is 0.123 e. The summed E-state index contributed by atoms with van der Waals surface area (Å²) in [5, 5.41) is 0.972. The van der Waals surface area contributed by atoms with Crippen LogP contribution in [0, 0.1) is 18.3 Å². The second-order valence-corrected chi connectivity index (χ2v) is 7.37. The molecule has 1 aromatic rings. The van der Waals surface area contributed by atoms with Crippen LogP contribution in [0.25, 0.3) is 0 Å². The molecule has 0 fully saturated rings. The first-order valence-electron chi connectivity index (χ1n) is 7.05. The highest BCUT2D eigenvalue weighted by Gasteiger charge is 2.24. The molecule has 1 aromatic carbocycles. The predicted octanol–water partition coefficient (Wildman–Crippen LogP) is 5.55. The minimum Gasteiger partial charge on any atom is -0.493 e. The molecule has 0 aliphatic heterocycles. The van der Waals surface area contributed by atoms with Crippen molar-refractivity contribution in [3.8, 4) is 5.75 Å². The van der Waals surface area contributed by atoms with Gasteiger partial charge in [-0.05, 0) is 35.4 Å². The Morgan fingerprint density at radius 1 is 1.21 bits per heavy atom. The molecule has 2 heteroatoms. The summed E-state index contributed by atoms with van der Waals surface area (Å²) in [6.45, 7) is 14.1. The second kappa shape index (κ2) is 6.78. The SMILES string of the molecule is Cc1ccc(C(C)C)c(OCC(CBr)C(C)(C)C)c1. The molecule has 0 aliphatic carbocycles. The lowest BCUT2D eigenvalue weighted by Gasteiger charge is -2.29. The van der Waals surface area contributed by atoms with Gasteiger partial charge < -0.3 is 4.74 Å². The largest absolute Gasteiger partial charge is 0.493 e. The van der Waals surface area contributed by atoms with Crippen molar-refractivity contribution in [3.05, 3.63) is 29.3 Å². The van der Waals surface area contributed by atoms with Crippen molar-refractivity contribution >= 4 is 15.9 Å². The van der Waals surface area contributed by atoms with Gasteiger partial charge in [0.15, 0.2) is 0 Å². The predicted molar refractivity (Wildman–Crippen MR) is 87.5 cm³/mol. The Morgan fingerprint density at radius 2 is 1.84 bits per heavy atom. The summed E-state index contributed by atoms with van der Waals surface area (Å²) in [7, 11) is 0. The van der Waals surface area contributed by atoms with Gasteiger partial charge in [-0.25, -0.2) is 0 Å². The molecular formula is C17H27BrO. The Kier molecular flexibility index (Phi) is 5.91. The van der Waals surface area contributed by atoms with E-state index in [-0.39, 0.29) is 5.41 Å². The fourth-order valence-electron chi connectivity index (χ4n) is 1.96. The average Bonchev–Trinajstić information content (AvgIpc) is 2.27. The van der Waals surface area contributed by atoms with E-state index in [0.29, 0.717) is 11.8 Å². The van der Waals surface area contributed by atoms with E-state index < -0.39 is 0 Å². The van der Waals surface area contributed by atoms with Crippen LogP contribution in [0.2, 0.25) is 0 Å². The van der Waals surface area contributed by atoms with Gasteiger partial charge in [0.1, 0.15) is 5.75 Å². The van der Waals surface area contributed by atoms with Gasteiger partial charge in [0.2, 0.25) is 0 Å². The van der Waals surface area contributed by atoms with Crippen LogP contribution in [-0.4, -0.2) is 11.9 Å². The zero-order valence-electron chi connectivity index (χ0n) is 13.1. The Morgan fingerprint density at radius 3 is 2.32 bits per heavy atom. The van der Waals surface area contributed by atoms with Crippen LogP contribution in [0.4, 0.5) is 0 Å². The van der Waals surface area contributed by atoms with Crippen LogP contribution in [0.15, 0.2) is 18.2 Å².